The largest absolute Gasteiger partial charge is 0.381 e. The summed E-state index contributed by atoms with van der Waals surface area (Å²) in [7, 11) is 1.78. The molecule has 0 saturated heterocycles. The smallest absolute Gasteiger partial charge is 0.0637 e. The molecule has 3 nitrogen and oxygen atoms in total. The van der Waals surface area contributed by atoms with E-state index in [2.05, 4.69) is 26.1 Å². The number of nitrogens with one attached hydrogen (secondary N) is 1. The molecule has 1 aliphatic rings. The van der Waals surface area contributed by atoms with E-state index in [1.165, 1.54) is 12.8 Å². The summed E-state index contributed by atoms with van der Waals surface area (Å²) in [5, 5.41) is 3.52. The highest BCUT2D eigenvalue weighted by Gasteiger charge is 2.21. The van der Waals surface area contributed by atoms with Gasteiger partial charge in [0.05, 0.1) is 5.60 Å². The molecule has 3 heteroatoms. The van der Waals surface area contributed by atoms with Crippen LogP contribution in [0.25, 0.3) is 0 Å². The maximum atomic E-state index is 5.60. The summed E-state index contributed by atoms with van der Waals surface area (Å²) in [4.78, 5) is 0. The molecule has 1 fully saturated rings. The summed E-state index contributed by atoms with van der Waals surface area (Å²) >= 11 is 0. The van der Waals surface area contributed by atoms with E-state index in [9.17, 15) is 0 Å². The lowest BCUT2D eigenvalue weighted by atomic mass is 10.00. The van der Waals surface area contributed by atoms with Crippen LogP contribution in [0, 0.1) is 5.92 Å². The second-order valence-corrected chi connectivity index (χ2v) is 5.89. The summed E-state index contributed by atoms with van der Waals surface area (Å²) in [6.45, 7) is 9.38. The van der Waals surface area contributed by atoms with Crippen LogP contribution in [-0.4, -0.2) is 38.5 Å². The Hall–Kier alpha value is -0.120. The van der Waals surface area contributed by atoms with Crippen molar-refractivity contribution in [2.75, 3.05) is 26.9 Å². The van der Waals surface area contributed by atoms with Gasteiger partial charge in [-0.1, -0.05) is 0 Å². The Morgan fingerprint density at radius 1 is 1.35 bits per heavy atom. The Morgan fingerprint density at radius 3 is 2.65 bits per heavy atom. The van der Waals surface area contributed by atoms with Gasteiger partial charge in [0, 0.05) is 26.4 Å². The third-order valence-electron chi connectivity index (χ3n) is 3.36. The molecule has 102 valence electrons. The highest BCUT2D eigenvalue weighted by atomic mass is 16.5. The molecule has 1 atom stereocenters. The summed E-state index contributed by atoms with van der Waals surface area (Å²) < 4.78 is 11.0. The maximum absolute atomic E-state index is 5.60. The predicted molar refractivity (Wildman–Crippen MR) is 71.3 cm³/mol. The summed E-state index contributed by atoms with van der Waals surface area (Å²) in [6.07, 6.45) is 4.89. The first-order chi connectivity index (χ1) is 8.03. The fourth-order valence-electron chi connectivity index (χ4n) is 1.95. The van der Waals surface area contributed by atoms with Crippen molar-refractivity contribution in [3.8, 4) is 0 Å². The molecule has 0 aliphatic heterocycles. The molecule has 0 spiro atoms. The molecule has 1 unspecified atom stereocenters. The normalized spacial score (nSPS) is 18.4. The highest BCUT2D eigenvalue weighted by Crippen LogP contribution is 2.28. The van der Waals surface area contributed by atoms with Crippen LogP contribution in [-0.2, 0) is 9.47 Å². The summed E-state index contributed by atoms with van der Waals surface area (Å²) in [5.74, 6) is 0.879. The van der Waals surface area contributed by atoms with Crippen LogP contribution in [0.15, 0.2) is 0 Å². The van der Waals surface area contributed by atoms with Crippen molar-refractivity contribution in [2.45, 2.75) is 58.1 Å². The molecule has 0 aromatic heterocycles. The van der Waals surface area contributed by atoms with E-state index >= 15 is 0 Å². The van der Waals surface area contributed by atoms with Crippen molar-refractivity contribution in [1.82, 2.24) is 5.32 Å². The van der Waals surface area contributed by atoms with Crippen molar-refractivity contribution >= 4 is 0 Å². The molecule has 0 radical (unpaired) electrons. The average Bonchev–Trinajstić information content (AvgIpc) is 3.06. The first-order valence-corrected chi connectivity index (χ1v) is 6.90. The van der Waals surface area contributed by atoms with Gasteiger partial charge < -0.3 is 14.8 Å². The standard InChI is InChI=1S/C14H29NO2/c1-12(10-14(2,3)16-4)15-8-5-9-17-11-13-6-7-13/h12-13,15H,5-11H2,1-4H3. The molecule has 1 N–H and O–H groups in total. The van der Waals surface area contributed by atoms with Crippen LogP contribution >= 0.6 is 0 Å². The Balaban J connectivity index is 1.90. The Kier molecular flexibility index (Phi) is 6.45. The summed E-state index contributed by atoms with van der Waals surface area (Å²) in [5.41, 5.74) is -0.0328. The Labute approximate surface area is 106 Å². The van der Waals surface area contributed by atoms with Crippen LogP contribution in [0.4, 0.5) is 0 Å². The van der Waals surface area contributed by atoms with Crippen molar-refractivity contribution in [1.29, 1.82) is 0 Å². The number of hydrogen-bond acceptors (Lipinski definition) is 3. The minimum atomic E-state index is -0.0328. The van der Waals surface area contributed by atoms with E-state index in [-0.39, 0.29) is 5.60 Å². The van der Waals surface area contributed by atoms with Gasteiger partial charge in [-0.05, 0) is 58.9 Å². The Bertz CT molecular complexity index is 202. The van der Waals surface area contributed by atoms with Gasteiger partial charge >= 0.3 is 0 Å². The molecule has 1 rings (SSSR count). The van der Waals surface area contributed by atoms with Gasteiger partial charge in [0.15, 0.2) is 0 Å². The van der Waals surface area contributed by atoms with Crippen LogP contribution in [0.5, 0.6) is 0 Å². The summed E-state index contributed by atoms with van der Waals surface area (Å²) in [6, 6.07) is 0.494. The molecule has 0 heterocycles. The fraction of sp³-hybridized carbons (Fsp3) is 1.00. The lowest BCUT2D eigenvalue weighted by molar-refractivity contribution is 0.00842. The molecular weight excluding hydrogens is 214 g/mol. The molecule has 0 aromatic rings. The fourth-order valence-corrected chi connectivity index (χ4v) is 1.95. The van der Waals surface area contributed by atoms with E-state index in [1.54, 1.807) is 7.11 Å². The number of methoxy groups -OCH3 is 1. The number of ether oxygens (including phenoxy) is 2. The maximum Gasteiger partial charge on any atom is 0.0637 e. The van der Waals surface area contributed by atoms with E-state index in [0.717, 1.165) is 38.5 Å². The van der Waals surface area contributed by atoms with Gasteiger partial charge in [-0.3, -0.25) is 0 Å². The van der Waals surface area contributed by atoms with Crippen molar-refractivity contribution in [2.24, 2.45) is 5.92 Å². The number of rotatable bonds is 10. The molecule has 0 aromatic carbocycles. The van der Waals surface area contributed by atoms with Crippen LogP contribution in [0.1, 0.15) is 46.5 Å². The zero-order valence-corrected chi connectivity index (χ0v) is 11.9. The van der Waals surface area contributed by atoms with Crippen LogP contribution in [0.2, 0.25) is 0 Å². The first kappa shape index (κ1) is 14.9. The van der Waals surface area contributed by atoms with Crippen molar-refractivity contribution < 1.29 is 9.47 Å². The molecular formula is C14H29NO2. The SMILES string of the molecule is COC(C)(C)CC(C)NCCCOCC1CC1. The third-order valence-corrected chi connectivity index (χ3v) is 3.36. The first-order valence-electron chi connectivity index (χ1n) is 6.90. The molecule has 0 bridgehead atoms. The third kappa shape index (κ3) is 7.74. The second-order valence-electron chi connectivity index (χ2n) is 5.89. The Morgan fingerprint density at radius 2 is 2.06 bits per heavy atom. The molecule has 1 saturated carbocycles. The van der Waals surface area contributed by atoms with Gasteiger partial charge in [-0.15, -0.1) is 0 Å². The monoisotopic (exact) mass is 243 g/mol. The van der Waals surface area contributed by atoms with Gasteiger partial charge in [0.1, 0.15) is 0 Å². The van der Waals surface area contributed by atoms with Gasteiger partial charge in [-0.25, -0.2) is 0 Å². The quantitative estimate of drug-likeness (QED) is 0.598. The second kappa shape index (κ2) is 7.34. The van der Waals surface area contributed by atoms with E-state index in [4.69, 9.17) is 9.47 Å². The van der Waals surface area contributed by atoms with Crippen molar-refractivity contribution in [3.63, 3.8) is 0 Å². The molecule has 1 aliphatic carbocycles. The minimum absolute atomic E-state index is 0.0328. The molecule has 17 heavy (non-hydrogen) atoms. The van der Waals surface area contributed by atoms with Gasteiger partial charge in [0.25, 0.3) is 0 Å². The van der Waals surface area contributed by atoms with Gasteiger partial charge in [0.2, 0.25) is 0 Å². The van der Waals surface area contributed by atoms with E-state index in [0.29, 0.717) is 6.04 Å². The minimum Gasteiger partial charge on any atom is -0.381 e. The topological polar surface area (TPSA) is 30.5 Å². The lowest BCUT2D eigenvalue weighted by Crippen LogP contribution is -2.36. The zero-order chi connectivity index (χ0) is 12.7. The highest BCUT2D eigenvalue weighted by molar-refractivity contribution is 4.75. The van der Waals surface area contributed by atoms with Crippen LogP contribution in [0.3, 0.4) is 0 Å². The molecule has 0 amide bonds. The van der Waals surface area contributed by atoms with Crippen LogP contribution < -0.4 is 5.32 Å². The van der Waals surface area contributed by atoms with E-state index in [1.807, 2.05) is 0 Å². The van der Waals surface area contributed by atoms with E-state index < -0.39 is 0 Å². The predicted octanol–water partition coefficient (Wildman–Crippen LogP) is 2.60. The van der Waals surface area contributed by atoms with Gasteiger partial charge in [-0.2, -0.15) is 0 Å². The lowest BCUT2D eigenvalue weighted by Gasteiger charge is -2.27. The number of hydrogen-bond donors (Lipinski definition) is 1. The average molecular weight is 243 g/mol. The van der Waals surface area contributed by atoms with Crippen molar-refractivity contribution in [3.05, 3.63) is 0 Å². The zero-order valence-electron chi connectivity index (χ0n) is 11.9.